The highest BCUT2D eigenvalue weighted by Crippen LogP contribution is 2.29. The maximum absolute atomic E-state index is 13.4. The smallest absolute Gasteiger partial charge is 0.299 e. The molecule has 1 aliphatic heterocycles. The molecule has 0 spiro atoms. The van der Waals surface area contributed by atoms with Crippen LogP contribution in [0.3, 0.4) is 0 Å². The molecule has 0 atom stereocenters. The quantitative estimate of drug-likeness (QED) is 0.235. The number of aromatic nitrogens is 2. The molecule has 1 N–H and O–H groups in total. The lowest BCUT2D eigenvalue weighted by Crippen LogP contribution is -2.40. The van der Waals surface area contributed by atoms with E-state index in [1.54, 1.807) is 29.2 Å². The predicted molar refractivity (Wildman–Crippen MR) is 136 cm³/mol. The fraction of sp³-hybridized carbons (Fsp3) is 0.154. The molecule has 0 aliphatic carbocycles. The van der Waals surface area contributed by atoms with Crippen LogP contribution in [0.2, 0.25) is 0 Å². The molecule has 37 heavy (non-hydrogen) atoms. The summed E-state index contributed by atoms with van der Waals surface area (Å²) >= 11 is 0. The van der Waals surface area contributed by atoms with Crippen molar-refractivity contribution in [3.63, 3.8) is 0 Å². The van der Waals surface area contributed by atoms with Gasteiger partial charge in [0.25, 0.3) is 17.2 Å². The summed E-state index contributed by atoms with van der Waals surface area (Å²) in [6, 6.07) is 21.6. The number of nitro benzene ring substituents is 1. The fourth-order valence-corrected chi connectivity index (χ4v) is 4.01. The number of rotatable bonds is 6. The van der Waals surface area contributed by atoms with E-state index in [1.807, 2.05) is 30.3 Å². The van der Waals surface area contributed by atoms with Crippen molar-refractivity contribution in [2.45, 2.75) is 0 Å². The average molecular weight is 498 g/mol. The van der Waals surface area contributed by atoms with Crippen LogP contribution in [0, 0.1) is 10.1 Å². The Balaban J connectivity index is 1.56. The number of carbonyl (C=O) groups is 1. The van der Waals surface area contributed by atoms with Crippen LogP contribution in [0.15, 0.2) is 93.9 Å². The monoisotopic (exact) mass is 498 g/mol. The van der Waals surface area contributed by atoms with E-state index in [4.69, 9.17) is 4.74 Å². The van der Waals surface area contributed by atoms with Gasteiger partial charge in [0.15, 0.2) is 5.69 Å². The number of amides is 1. The van der Waals surface area contributed by atoms with Crippen LogP contribution < -0.4 is 5.56 Å². The van der Waals surface area contributed by atoms with E-state index < -0.39 is 10.5 Å². The Morgan fingerprint density at radius 3 is 2.30 bits per heavy atom. The molecular formula is C26H22N6O5. The van der Waals surface area contributed by atoms with E-state index in [-0.39, 0.29) is 17.3 Å². The van der Waals surface area contributed by atoms with Crippen LogP contribution in [0.1, 0.15) is 10.4 Å². The average Bonchev–Trinajstić information content (AvgIpc) is 3.28. The van der Waals surface area contributed by atoms with E-state index in [0.29, 0.717) is 54.5 Å². The largest absolute Gasteiger partial charge is 0.378 e. The van der Waals surface area contributed by atoms with Crippen LogP contribution in [0.4, 0.5) is 17.1 Å². The van der Waals surface area contributed by atoms with E-state index in [0.717, 1.165) is 0 Å². The third-order valence-electron chi connectivity index (χ3n) is 5.94. The molecule has 0 radical (unpaired) electrons. The number of carbonyl (C=O) groups excluding carboxylic acids is 1. The number of azo groups is 1. The van der Waals surface area contributed by atoms with E-state index >= 15 is 0 Å². The summed E-state index contributed by atoms with van der Waals surface area (Å²) in [5, 5.41) is 22.7. The molecule has 11 nitrogen and oxygen atoms in total. The number of nitro groups is 1. The van der Waals surface area contributed by atoms with Crippen molar-refractivity contribution >= 4 is 23.0 Å². The highest BCUT2D eigenvalue weighted by molar-refractivity contribution is 5.99. The third kappa shape index (κ3) is 4.93. The first-order chi connectivity index (χ1) is 18.0. The summed E-state index contributed by atoms with van der Waals surface area (Å²) < 4.78 is 6.59. The number of hydrogen-bond acceptors (Lipinski definition) is 7. The van der Waals surface area contributed by atoms with Gasteiger partial charge in [-0.3, -0.25) is 24.8 Å². The second-order valence-corrected chi connectivity index (χ2v) is 8.24. The predicted octanol–water partition coefficient (Wildman–Crippen LogP) is 4.63. The molecule has 1 aromatic heterocycles. The van der Waals surface area contributed by atoms with Crippen LogP contribution in [-0.4, -0.2) is 51.8 Å². The molecular weight excluding hydrogens is 476 g/mol. The molecule has 0 bridgehead atoms. The Morgan fingerprint density at radius 1 is 0.919 bits per heavy atom. The van der Waals surface area contributed by atoms with Gasteiger partial charge in [-0.2, -0.15) is 0 Å². The van der Waals surface area contributed by atoms with Gasteiger partial charge in [0.1, 0.15) is 0 Å². The van der Waals surface area contributed by atoms with Crippen LogP contribution >= 0.6 is 0 Å². The van der Waals surface area contributed by atoms with Crippen molar-refractivity contribution in [3.05, 3.63) is 105 Å². The zero-order valence-electron chi connectivity index (χ0n) is 19.6. The highest BCUT2D eigenvalue weighted by atomic mass is 16.6. The van der Waals surface area contributed by atoms with Crippen molar-refractivity contribution < 1.29 is 14.5 Å². The minimum Gasteiger partial charge on any atom is -0.378 e. The number of nitrogens with zero attached hydrogens (tertiary/aromatic N) is 5. The summed E-state index contributed by atoms with van der Waals surface area (Å²) in [6.45, 7) is 1.92. The van der Waals surface area contributed by atoms with Gasteiger partial charge in [-0.25, -0.2) is 4.68 Å². The Morgan fingerprint density at radius 2 is 1.59 bits per heavy atom. The van der Waals surface area contributed by atoms with Gasteiger partial charge in [-0.05, 0) is 24.3 Å². The van der Waals surface area contributed by atoms with Gasteiger partial charge in [0.05, 0.1) is 40.8 Å². The summed E-state index contributed by atoms with van der Waals surface area (Å²) in [5.74, 6) is -0.182. The number of benzene rings is 3. The first kappa shape index (κ1) is 23.8. The molecule has 2 heterocycles. The standard InChI is InChI=1S/C26H22N6O5/c33-25(30-14-16-37-17-15-30)21-8-4-5-9-22(21)27-28-24-23(18-6-2-1-3-7-18)29-31(26(24)34)19-10-12-20(13-11-19)32(35)36/h1-13,29H,14-17H2. The normalized spacial score (nSPS) is 13.7. The molecule has 186 valence electrons. The fourth-order valence-electron chi connectivity index (χ4n) is 4.01. The lowest BCUT2D eigenvalue weighted by Gasteiger charge is -2.27. The minimum absolute atomic E-state index is 0.0400. The first-order valence-electron chi connectivity index (χ1n) is 11.6. The van der Waals surface area contributed by atoms with Gasteiger partial charge in [0.2, 0.25) is 0 Å². The Hall–Kier alpha value is -4.90. The van der Waals surface area contributed by atoms with E-state index in [9.17, 15) is 19.7 Å². The van der Waals surface area contributed by atoms with Crippen molar-refractivity contribution in [1.29, 1.82) is 0 Å². The lowest BCUT2D eigenvalue weighted by molar-refractivity contribution is -0.384. The Kier molecular flexibility index (Phi) is 6.68. The summed E-state index contributed by atoms with van der Waals surface area (Å²) in [6.07, 6.45) is 0. The number of non-ortho nitro benzene ring substituents is 1. The molecule has 1 fully saturated rings. The SMILES string of the molecule is O=C(c1ccccc1N=Nc1c(-c2ccccc2)[nH]n(-c2ccc([N+](=O)[O-])cc2)c1=O)N1CCOCC1. The van der Waals surface area contributed by atoms with Gasteiger partial charge >= 0.3 is 0 Å². The van der Waals surface area contributed by atoms with Gasteiger partial charge in [-0.15, -0.1) is 10.2 Å². The second-order valence-electron chi connectivity index (χ2n) is 8.24. The van der Waals surface area contributed by atoms with Crippen molar-refractivity contribution in [3.8, 4) is 16.9 Å². The number of ether oxygens (including phenoxy) is 1. The number of H-pyrrole nitrogens is 1. The highest BCUT2D eigenvalue weighted by Gasteiger charge is 2.22. The zero-order valence-corrected chi connectivity index (χ0v) is 19.6. The topological polar surface area (TPSA) is 135 Å². The number of hydrogen-bond donors (Lipinski definition) is 1. The van der Waals surface area contributed by atoms with Gasteiger partial charge in [0, 0.05) is 30.8 Å². The summed E-state index contributed by atoms with van der Waals surface area (Å²) in [5.41, 5.74) is 1.69. The first-order valence-corrected chi connectivity index (χ1v) is 11.6. The van der Waals surface area contributed by atoms with Gasteiger partial charge in [-0.1, -0.05) is 42.5 Å². The molecule has 4 aromatic rings. The van der Waals surface area contributed by atoms with Crippen molar-refractivity contribution in [1.82, 2.24) is 14.7 Å². The lowest BCUT2D eigenvalue weighted by atomic mass is 10.1. The summed E-state index contributed by atoms with van der Waals surface area (Å²) in [7, 11) is 0. The van der Waals surface area contributed by atoms with Crippen molar-refractivity contribution in [2.75, 3.05) is 26.3 Å². The zero-order chi connectivity index (χ0) is 25.8. The van der Waals surface area contributed by atoms with Crippen LogP contribution in [-0.2, 0) is 4.74 Å². The van der Waals surface area contributed by atoms with Crippen LogP contribution in [0.25, 0.3) is 16.9 Å². The van der Waals surface area contributed by atoms with Crippen LogP contribution in [0.5, 0.6) is 0 Å². The minimum atomic E-state index is -0.508. The number of nitrogens with one attached hydrogen (secondary N) is 1. The third-order valence-corrected chi connectivity index (χ3v) is 5.94. The van der Waals surface area contributed by atoms with Crippen molar-refractivity contribution in [2.24, 2.45) is 10.2 Å². The molecule has 0 saturated carbocycles. The number of aromatic amines is 1. The molecule has 0 unspecified atom stereocenters. The second kappa shape index (κ2) is 10.4. The molecule has 5 rings (SSSR count). The van der Waals surface area contributed by atoms with Gasteiger partial charge < -0.3 is 9.64 Å². The molecule has 11 heteroatoms. The van der Waals surface area contributed by atoms with E-state index in [1.165, 1.54) is 28.9 Å². The number of morpholine rings is 1. The molecule has 1 amide bonds. The maximum Gasteiger partial charge on any atom is 0.299 e. The molecule has 1 aliphatic rings. The maximum atomic E-state index is 13.4. The molecule has 1 saturated heterocycles. The molecule has 3 aromatic carbocycles. The summed E-state index contributed by atoms with van der Waals surface area (Å²) in [4.78, 5) is 38.7. The Bertz CT molecular complexity index is 1520. The van der Waals surface area contributed by atoms with E-state index in [2.05, 4.69) is 15.3 Å². The Labute approximate surface area is 210 Å².